The first-order chi connectivity index (χ1) is 10.7. The molecule has 2 amide bonds. The molecule has 0 unspecified atom stereocenters. The number of likely N-dealkylation sites (tertiary alicyclic amines) is 1. The van der Waals surface area contributed by atoms with Gasteiger partial charge in [0.25, 0.3) is 0 Å². The quantitative estimate of drug-likeness (QED) is 0.871. The minimum atomic E-state index is -0.130. The maximum atomic E-state index is 12.0. The molecule has 1 saturated heterocycles. The van der Waals surface area contributed by atoms with Gasteiger partial charge < -0.3 is 15.0 Å². The molecular formula is C17H24N2O3. The van der Waals surface area contributed by atoms with Crippen LogP contribution in [0.15, 0.2) is 24.3 Å². The Labute approximate surface area is 131 Å². The van der Waals surface area contributed by atoms with Gasteiger partial charge in [0.1, 0.15) is 5.75 Å². The van der Waals surface area contributed by atoms with Crippen LogP contribution in [0.2, 0.25) is 0 Å². The Bertz CT molecular complexity index is 493. The van der Waals surface area contributed by atoms with Crippen molar-refractivity contribution in [2.24, 2.45) is 0 Å². The molecule has 120 valence electrons. The van der Waals surface area contributed by atoms with Gasteiger partial charge in [0.05, 0.1) is 19.6 Å². The van der Waals surface area contributed by atoms with Gasteiger partial charge in [0, 0.05) is 13.1 Å². The van der Waals surface area contributed by atoms with Gasteiger partial charge in [0.15, 0.2) is 0 Å². The molecule has 0 saturated carbocycles. The summed E-state index contributed by atoms with van der Waals surface area (Å²) >= 11 is 0. The highest BCUT2D eigenvalue weighted by atomic mass is 16.5. The molecule has 5 heteroatoms. The predicted molar refractivity (Wildman–Crippen MR) is 84.8 cm³/mol. The van der Waals surface area contributed by atoms with E-state index in [1.165, 1.54) is 6.42 Å². The van der Waals surface area contributed by atoms with E-state index in [0.717, 1.165) is 37.2 Å². The number of piperidine rings is 1. The Morgan fingerprint density at radius 1 is 1.14 bits per heavy atom. The van der Waals surface area contributed by atoms with Crippen LogP contribution in [0.25, 0.3) is 0 Å². The molecule has 22 heavy (non-hydrogen) atoms. The summed E-state index contributed by atoms with van der Waals surface area (Å²) < 4.78 is 5.36. The van der Waals surface area contributed by atoms with Crippen molar-refractivity contribution in [3.8, 4) is 5.75 Å². The van der Waals surface area contributed by atoms with Gasteiger partial charge in [-0.05, 0) is 43.9 Å². The molecule has 0 bridgehead atoms. The van der Waals surface area contributed by atoms with E-state index in [2.05, 4.69) is 5.32 Å². The standard InChI is InChI=1S/C17H24N2O3/c1-2-22-15-8-6-14(7-9-15)12-16(20)18-13-17(21)19-10-4-3-5-11-19/h6-9H,2-5,10-13H2,1H3,(H,18,20). The van der Waals surface area contributed by atoms with Gasteiger partial charge >= 0.3 is 0 Å². The van der Waals surface area contributed by atoms with E-state index in [1.54, 1.807) is 0 Å². The summed E-state index contributed by atoms with van der Waals surface area (Å²) in [6.07, 6.45) is 3.59. The molecule has 1 aromatic carbocycles. The first-order valence-electron chi connectivity index (χ1n) is 7.95. The van der Waals surface area contributed by atoms with Crippen molar-refractivity contribution in [2.75, 3.05) is 26.2 Å². The zero-order valence-electron chi connectivity index (χ0n) is 13.1. The molecule has 0 aromatic heterocycles. The fraction of sp³-hybridized carbons (Fsp3) is 0.529. The first kappa shape index (κ1) is 16.3. The lowest BCUT2D eigenvalue weighted by Gasteiger charge is -2.26. The summed E-state index contributed by atoms with van der Waals surface area (Å²) in [4.78, 5) is 25.7. The lowest BCUT2D eigenvalue weighted by Crippen LogP contribution is -2.42. The minimum Gasteiger partial charge on any atom is -0.494 e. The third-order valence-corrected chi connectivity index (χ3v) is 3.74. The average molecular weight is 304 g/mol. The molecule has 1 N–H and O–H groups in total. The van der Waals surface area contributed by atoms with Crippen molar-refractivity contribution in [1.82, 2.24) is 10.2 Å². The van der Waals surface area contributed by atoms with Gasteiger partial charge in [-0.1, -0.05) is 12.1 Å². The number of carbonyl (C=O) groups is 2. The summed E-state index contributed by atoms with van der Waals surface area (Å²) in [6, 6.07) is 7.45. The Morgan fingerprint density at radius 2 is 1.82 bits per heavy atom. The maximum Gasteiger partial charge on any atom is 0.241 e. The maximum absolute atomic E-state index is 12.0. The van der Waals surface area contributed by atoms with E-state index in [-0.39, 0.29) is 24.8 Å². The van der Waals surface area contributed by atoms with Crippen LogP contribution in [0.3, 0.4) is 0 Å². The fourth-order valence-corrected chi connectivity index (χ4v) is 2.55. The molecule has 0 radical (unpaired) electrons. The summed E-state index contributed by atoms with van der Waals surface area (Å²) in [5.41, 5.74) is 0.909. The van der Waals surface area contributed by atoms with Gasteiger partial charge in [-0.25, -0.2) is 0 Å². The van der Waals surface area contributed by atoms with Gasteiger partial charge in [-0.15, -0.1) is 0 Å². The van der Waals surface area contributed by atoms with Crippen LogP contribution in [0.4, 0.5) is 0 Å². The number of benzene rings is 1. The van der Waals surface area contributed by atoms with Crippen molar-refractivity contribution >= 4 is 11.8 Å². The van der Waals surface area contributed by atoms with Crippen molar-refractivity contribution in [3.05, 3.63) is 29.8 Å². The molecular weight excluding hydrogens is 280 g/mol. The normalized spacial score (nSPS) is 14.5. The highest BCUT2D eigenvalue weighted by Gasteiger charge is 2.16. The minimum absolute atomic E-state index is 0.0137. The molecule has 1 aliphatic rings. The summed E-state index contributed by atoms with van der Waals surface area (Å²) in [6.45, 7) is 4.27. The number of hydrogen-bond donors (Lipinski definition) is 1. The second-order valence-electron chi connectivity index (χ2n) is 5.47. The van der Waals surface area contributed by atoms with Crippen molar-refractivity contribution < 1.29 is 14.3 Å². The molecule has 1 fully saturated rings. The third-order valence-electron chi connectivity index (χ3n) is 3.74. The van der Waals surface area contributed by atoms with Gasteiger partial charge in [0.2, 0.25) is 11.8 Å². The van der Waals surface area contributed by atoms with E-state index in [9.17, 15) is 9.59 Å². The highest BCUT2D eigenvalue weighted by Crippen LogP contribution is 2.12. The Morgan fingerprint density at radius 3 is 2.45 bits per heavy atom. The molecule has 0 aliphatic carbocycles. The molecule has 0 atom stereocenters. The van der Waals surface area contributed by atoms with Crippen molar-refractivity contribution in [1.29, 1.82) is 0 Å². The molecule has 5 nitrogen and oxygen atoms in total. The Hall–Kier alpha value is -2.04. The number of carbonyl (C=O) groups excluding carboxylic acids is 2. The van der Waals surface area contributed by atoms with Crippen LogP contribution in [0.1, 0.15) is 31.7 Å². The van der Waals surface area contributed by atoms with E-state index < -0.39 is 0 Å². The van der Waals surface area contributed by atoms with Crippen LogP contribution in [-0.2, 0) is 16.0 Å². The number of amides is 2. The van der Waals surface area contributed by atoms with Gasteiger partial charge in [-0.3, -0.25) is 9.59 Å². The smallest absolute Gasteiger partial charge is 0.241 e. The number of nitrogens with zero attached hydrogens (tertiary/aromatic N) is 1. The number of hydrogen-bond acceptors (Lipinski definition) is 3. The van der Waals surface area contributed by atoms with Crippen molar-refractivity contribution in [2.45, 2.75) is 32.6 Å². The Kier molecular flexibility index (Phi) is 6.25. The van der Waals surface area contributed by atoms with Crippen LogP contribution in [0.5, 0.6) is 5.75 Å². The topological polar surface area (TPSA) is 58.6 Å². The predicted octanol–water partition coefficient (Wildman–Crippen LogP) is 1.76. The van der Waals surface area contributed by atoms with Crippen LogP contribution >= 0.6 is 0 Å². The van der Waals surface area contributed by atoms with Crippen LogP contribution in [0, 0.1) is 0 Å². The summed E-state index contributed by atoms with van der Waals surface area (Å²) in [5.74, 6) is 0.682. The third kappa shape index (κ3) is 5.06. The van der Waals surface area contributed by atoms with E-state index in [1.807, 2.05) is 36.1 Å². The lowest BCUT2D eigenvalue weighted by atomic mass is 10.1. The number of nitrogens with one attached hydrogen (secondary N) is 1. The van der Waals surface area contributed by atoms with Crippen LogP contribution < -0.4 is 10.1 Å². The van der Waals surface area contributed by atoms with E-state index in [4.69, 9.17) is 4.74 Å². The molecule has 2 rings (SSSR count). The number of ether oxygens (including phenoxy) is 1. The van der Waals surface area contributed by atoms with Crippen molar-refractivity contribution in [3.63, 3.8) is 0 Å². The highest BCUT2D eigenvalue weighted by molar-refractivity contribution is 5.85. The summed E-state index contributed by atoms with van der Waals surface area (Å²) in [5, 5.41) is 2.71. The van der Waals surface area contributed by atoms with E-state index >= 15 is 0 Å². The van der Waals surface area contributed by atoms with Gasteiger partial charge in [-0.2, -0.15) is 0 Å². The zero-order valence-corrected chi connectivity index (χ0v) is 13.1. The zero-order chi connectivity index (χ0) is 15.8. The second-order valence-corrected chi connectivity index (χ2v) is 5.47. The Balaban J connectivity index is 1.73. The molecule has 1 aliphatic heterocycles. The fourth-order valence-electron chi connectivity index (χ4n) is 2.55. The SMILES string of the molecule is CCOc1ccc(CC(=O)NCC(=O)N2CCCCC2)cc1. The summed E-state index contributed by atoms with van der Waals surface area (Å²) in [7, 11) is 0. The average Bonchev–Trinajstić information content (AvgIpc) is 2.55. The second kappa shape index (κ2) is 8.41. The monoisotopic (exact) mass is 304 g/mol. The van der Waals surface area contributed by atoms with Crippen LogP contribution in [-0.4, -0.2) is 43.0 Å². The molecule has 1 aromatic rings. The number of rotatable bonds is 6. The van der Waals surface area contributed by atoms with E-state index in [0.29, 0.717) is 6.61 Å². The largest absolute Gasteiger partial charge is 0.494 e. The first-order valence-corrected chi connectivity index (χ1v) is 7.95. The molecule has 0 spiro atoms. The lowest BCUT2D eigenvalue weighted by molar-refractivity contribution is -0.133. The molecule has 1 heterocycles.